The number of nitrogens with one attached hydrogen (secondary N) is 2. The Labute approximate surface area is 88.5 Å². The third kappa shape index (κ3) is 3.01. The zero-order chi connectivity index (χ0) is 10.6. The molecular weight excluding hydrogens is 200 g/mol. The first-order chi connectivity index (χ1) is 6.63. The highest BCUT2D eigenvalue weighted by Gasteiger charge is 2.09. The Morgan fingerprint density at radius 3 is 2.43 bits per heavy atom. The zero-order valence-corrected chi connectivity index (χ0v) is 8.93. The molecule has 1 amide bonds. The maximum atomic E-state index is 11.4. The maximum absolute atomic E-state index is 11.4. The molecule has 1 atom stereocenters. The molecule has 4 heteroatoms. The topological polar surface area (TPSA) is 41.1 Å². The van der Waals surface area contributed by atoms with Crippen LogP contribution in [0.25, 0.3) is 0 Å². The molecule has 0 spiro atoms. The maximum Gasteiger partial charge on any atom is 0.241 e. The predicted molar refractivity (Wildman–Crippen MR) is 58.6 cm³/mol. The summed E-state index contributed by atoms with van der Waals surface area (Å²) in [4.78, 5) is 11.4. The van der Waals surface area contributed by atoms with Crippen molar-refractivity contribution in [3.05, 3.63) is 29.3 Å². The van der Waals surface area contributed by atoms with Gasteiger partial charge in [-0.25, -0.2) is 0 Å². The number of halogens is 1. The molecule has 0 radical (unpaired) electrons. The first-order valence-corrected chi connectivity index (χ1v) is 4.75. The van der Waals surface area contributed by atoms with Crippen molar-refractivity contribution in [3.63, 3.8) is 0 Å². The van der Waals surface area contributed by atoms with Crippen molar-refractivity contribution < 1.29 is 4.79 Å². The summed E-state index contributed by atoms with van der Waals surface area (Å²) in [6.45, 7) is 1.80. The van der Waals surface area contributed by atoms with Gasteiger partial charge in [0.1, 0.15) is 0 Å². The molecule has 1 aromatic carbocycles. The van der Waals surface area contributed by atoms with Gasteiger partial charge in [0.05, 0.1) is 6.04 Å². The van der Waals surface area contributed by atoms with Crippen LogP contribution in [0.3, 0.4) is 0 Å². The van der Waals surface area contributed by atoms with E-state index >= 15 is 0 Å². The minimum atomic E-state index is -0.203. The number of carbonyl (C=O) groups is 1. The number of anilines is 1. The van der Waals surface area contributed by atoms with Crippen molar-refractivity contribution in [2.45, 2.75) is 13.0 Å². The number of hydrogen-bond acceptors (Lipinski definition) is 2. The van der Waals surface area contributed by atoms with Crippen LogP contribution < -0.4 is 10.6 Å². The van der Waals surface area contributed by atoms with Gasteiger partial charge in [0.15, 0.2) is 0 Å². The van der Waals surface area contributed by atoms with Gasteiger partial charge >= 0.3 is 0 Å². The highest BCUT2D eigenvalue weighted by molar-refractivity contribution is 6.30. The van der Waals surface area contributed by atoms with Crippen LogP contribution >= 0.6 is 11.6 Å². The molecule has 2 N–H and O–H groups in total. The Morgan fingerprint density at radius 1 is 1.36 bits per heavy atom. The summed E-state index contributed by atoms with van der Waals surface area (Å²) in [6, 6.07) is 6.80. The Kier molecular flexibility index (Phi) is 3.92. The van der Waals surface area contributed by atoms with Crippen molar-refractivity contribution in [3.8, 4) is 0 Å². The summed E-state index contributed by atoms with van der Waals surface area (Å²) in [7, 11) is 1.74. The van der Waals surface area contributed by atoms with E-state index in [1.807, 2.05) is 0 Å². The molecule has 0 aliphatic carbocycles. The molecule has 76 valence electrons. The van der Waals surface area contributed by atoms with Crippen molar-refractivity contribution >= 4 is 23.2 Å². The largest absolute Gasteiger partial charge is 0.325 e. The highest BCUT2D eigenvalue weighted by atomic mass is 35.5. The lowest BCUT2D eigenvalue weighted by Crippen LogP contribution is -2.35. The van der Waals surface area contributed by atoms with E-state index in [1.54, 1.807) is 38.2 Å². The lowest BCUT2D eigenvalue weighted by molar-refractivity contribution is -0.117. The van der Waals surface area contributed by atoms with E-state index in [4.69, 9.17) is 11.6 Å². The van der Waals surface area contributed by atoms with E-state index in [2.05, 4.69) is 10.6 Å². The molecule has 1 rings (SSSR count). The van der Waals surface area contributed by atoms with Crippen molar-refractivity contribution in [1.29, 1.82) is 0 Å². The second kappa shape index (κ2) is 4.98. The van der Waals surface area contributed by atoms with Crippen LogP contribution in [0.5, 0.6) is 0 Å². The van der Waals surface area contributed by atoms with Crippen molar-refractivity contribution in [2.24, 2.45) is 0 Å². The normalized spacial score (nSPS) is 12.2. The monoisotopic (exact) mass is 212 g/mol. The van der Waals surface area contributed by atoms with Gasteiger partial charge in [-0.05, 0) is 38.2 Å². The third-order valence-electron chi connectivity index (χ3n) is 1.94. The summed E-state index contributed by atoms with van der Waals surface area (Å²) in [6.07, 6.45) is 0. The summed E-state index contributed by atoms with van der Waals surface area (Å²) in [5, 5.41) is 6.28. The number of amides is 1. The van der Waals surface area contributed by atoms with E-state index in [1.165, 1.54) is 0 Å². The van der Waals surface area contributed by atoms with Crippen LogP contribution in [-0.4, -0.2) is 19.0 Å². The van der Waals surface area contributed by atoms with Gasteiger partial charge in [0.25, 0.3) is 0 Å². The minimum Gasteiger partial charge on any atom is -0.325 e. The standard InChI is InChI=1S/C10H13ClN2O/c1-7(12-2)10(14)13-9-5-3-8(11)4-6-9/h3-7,12H,1-2H3,(H,13,14). The number of hydrogen-bond donors (Lipinski definition) is 2. The van der Waals surface area contributed by atoms with Crippen LogP contribution in [0.1, 0.15) is 6.92 Å². The Morgan fingerprint density at radius 2 is 1.93 bits per heavy atom. The number of likely N-dealkylation sites (N-methyl/N-ethyl adjacent to an activating group) is 1. The summed E-state index contributed by atoms with van der Waals surface area (Å²) >= 11 is 5.71. The molecule has 0 fully saturated rings. The second-order valence-corrected chi connectivity index (χ2v) is 3.44. The minimum absolute atomic E-state index is 0.0603. The van der Waals surface area contributed by atoms with Crippen LogP contribution in [-0.2, 0) is 4.79 Å². The Bertz CT molecular complexity index is 310. The lowest BCUT2D eigenvalue weighted by Gasteiger charge is -2.10. The fraction of sp³-hybridized carbons (Fsp3) is 0.300. The molecule has 0 aliphatic rings. The first kappa shape index (κ1) is 11.0. The lowest BCUT2D eigenvalue weighted by atomic mass is 10.3. The smallest absolute Gasteiger partial charge is 0.241 e. The molecule has 0 bridgehead atoms. The molecule has 1 aromatic rings. The average molecular weight is 213 g/mol. The van der Waals surface area contributed by atoms with Crippen LogP contribution in [0.2, 0.25) is 5.02 Å². The van der Waals surface area contributed by atoms with E-state index < -0.39 is 0 Å². The molecule has 0 saturated heterocycles. The third-order valence-corrected chi connectivity index (χ3v) is 2.19. The second-order valence-electron chi connectivity index (χ2n) is 3.01. The van der Waals surface area contributed by atoms with E-state index in [0.29, 0.717) is 5.02 Å². The number of rotatable bonds is 3. The van der Waals surface area contributed by atoms with E-state index in [0.717, 1.165) is 5.69 Å². The fourth-order valence-electron chi connectivity index (χ4n) is 0.915. The van der Waals surface area contributed by atoms with Crippen molar-refractivity contribution in [1.82, 2.24) is 5.32 Å². The molecular formula is C10H13ClN2O. The predicted octanol–water partition coefficient (Wildman–Crippen LogP) is 1.89. The summed E-state index contributed by atoms with van der Waals surface area (Å²) < 4.78 is 0. The van der Waals surface area contributed by atoms with Gasteiger partial charge < -0.3 is 10.6 Å². The molecule has 1 unspecified atom stereocenters. The average Bonchev–Trinajstić information content (AvgIpc) is 2.20. The fourth-order valence-corrected chi connectivity index (χ4v) is 1.04. The van der Waals surface area contributed by atoms with Gasteiger partial charge in [0, 0.05) is 10.7 Å². The highest BCUT2D eigenvalue weighted by Crippen LogP contribution is 2.13. The van der Waals surface area contributed by atoms with Gasteiger partial charge in [-0.2, -0.15) is 0 Å². The molecule has 0 aromatic heterocycles. The Balaban J connectivity index is 2.60. The number of benzene rings is 1. The Hall–Kier alpha value is -1.06. The van der Waals surface area contributed by atoms with E-state index in [-0.39, 0.29) is 11.9 Å². The van der Waals surface area contributed by atoms with Gasteiger partial charge in [-0.3, -0.25) is 4.79 Å². The van der Waals surface area contributed by atoms with Crippen LogP contribution in [0.4, 0.5) is 5.69 Å². The van der Waals surface area contributed by atoms with Crippen molar-refractivity contribution in [2.75, 3.05) is 12.4 Å². The zero-order valence-electron chi connectivity index (χ0n) is 8.17. The van der Waals surface area contributed by atoms with Crippen LogP contribution in [0.15, 0.2) is 24.3 Å². The number of carbonyl (C=O) groups excluding carboxylic acids is 1. The van der Waals surface area contributed by atoms with Gasteiger partial charge in [-0.15, -0.1) is 0 Å². The molecule has 3 nitrogen and oxygen atoms in total. The quantitative estimate of drug-likeness (QED) is 0.804. The van der Waals surface area contributed by atoms with Gasteiger partial charge in [0.2, 0.25) is 5.91 Å². The first-order valence-electron chi connectivity index (χ1n) is 4.37. The molecule has 0 aliphatic heterocycles. The summed E-state index contributed by atoms with van der Waals surface area (Å²) in [5.41, 5.74) is 0.751. The van der Waals surface area contributed by atoms with E-state index in [9.17, 15) is 4.79 Å². The van der Waals surface area contributed by atoms with Gasteiger partial charge in [-0.1, -0.05) is 11.6 Å². The molecule has 0 heterocycles. The SMILES string of the molecule is CNC(C)C(=O)Nc1ccc(Cl)cc1. The molecule has 0 saturated carbocycles. The summed E-state index contributed by atoms with van der Waals surface area (Å²) in [5.74, 6) is -0.0603. The molecule has 14 heavy (non-hydrogen) atoms. The van der Waals surface area contributed by atoms with Crippen LogP contribution in [0, 0.1) is 0 Å².